The van der Waals surface area contributed by atoms with E-state index in [1.807, 2.05) is 0 Å². The zero-order chi connectivity index (χ0) is 12.0. The number of hydrogen-bond donors (Lipinski definition) is 1. The first-order chi connectivity index (χ1) is 7.64. The molecule has 16 heavy (non-hydrogen) atoms. The van der Waals surface area contributed by atoms with Gasteiger partial charge in [-0.2, -0.15) is 0 Å². The summed E-state index contributed by atoms with van der Waals surface area (Å²) >= 11 is 0. The number of rotatable bonds is 5. The molecular weight excluding hydrogens is 202 g/mol. The number of carbonyl (C=O) groups excluding carboxylic acids is 1. The molecule has 0 aliphatic heterocycles. The molecule has 1 fully saturated rings. The van der Waals surface area contributed by atoms with Crippen LogP contribution in [-0.4, -0.2) is 25.2 Å². The lowest BCUT2D eigenvalue weighted by Crippen LogP contribution is -2.53. The van der Waals surface area contributed by atoms with Gasteiger partial charge in [-0.25, -0.2) is 0 Å². The lowest BCUT2D eigenvalue weighted by Gasteiger charge is -2.43. The molecule has 0 amide bonds. The molecule has 2 atom stereocenters. The highest BCUT2D eigenvalue weighted by Crippen LogP contribution is 2.36. The summed E-state index contributed by atoms with van der Waals surface area (Å²) in [5.74, 6) is 0.476. The van der Waals surface area contributed by atoms with Crippen LogP contribution in [-0.2, 0) is 9.53 Å². The molecule has 1 aliphatic rings. The van der Waals surface area contributed by atoms with Crippen molar-refractivity contribution in [2.75, 3.05) is 13.7 Å². The Morgan fingerprint density at radius 3 is 2.81 bits per heavy atom. The van der Waals surface area contributed by atoms with Gasteiger partial charge < -0.3 is 10.1 Å². The third-order valence-corrected chi connectivity index (χ3v) is 3.87. The minimum Gasteiger partial charge on any atom is -0.469 e. The van der Waals surface area contributed by atoms with E-state index >= 15 is 0 Å². The molecule has 1 aliphatic carbocycles. The predicted octanol–water partition coefficient (Wildman–Crippen LogP) is 2.50. The summed E-state index contributed by atoms with van der Waals surface area (Å²) in [5, 5.41) is 3.60. The third-order valence-electron chi connectivity index (χ3n) is 3.87. The number of esters is 1. The van der Waals surface area contributed by atoms with Crippen molar-refractivity contribution in [2.45, 2.75) is 57.9 Å². The lowest BCUT2D eigenvalue weighted by molar-refractivity contribution is -0.143. The van der Waals surface area contributed by atoms with Crippen LogP contribution in [0, 0.1) is 5.92 Å². The first-order valence-electron chi connectivity index (χ1n) is 6.46. The Balaban J connectivity index is 2.69. The second-order valence-corrected chi connectivity index (χ2v) is 4.98. The molecule has 0 aromatic rings. The van der Waals surface area contributed by atoms with E-state index < -0.39 is 0 Å². The highest BCUT2D eigenvalue weighted by Gasteiger charge is 2.39. The van der Waals surface area contributed by atoms with Crippen LogP contribution in [0.1, 0.15) is 52.4 Å². The molecule has 0 heterocycles. The van der Waals surface area contributed by atoms with Crippen LogP contribution in [0.15, 0.2) is 0 Å². The molecule has 1 N–H and O–H groups in total. The van der Waals surface area contributed by atoms with Crippen molar-refractivity contribution < 1.29 is 9.53 Å². The lowest BCUT2D eigenvalue weighted by atomic mass is 9.71. The molecule has 1 rings (SSSR count). The molecule has 0 radical (unpaired) electrons. The summed E-state index contributed by atoms with van der Waals surface area (Å²) in [5.41, 5.74) is -0.0125. The standard InChI is InChI=1S/C13H25NO2/c1-4-9-14-13(10-12(15)16-3)8-6-5-7-11(13)2/h11,14H,4-10H2,1-3H3. The van der Waals surface area contributed by atoms with Gasteiger partial charge in [-0.05, 0) is 31.7 Å². The Morgan fingerprint density at radius 1 is 1.50 bits per heavy atom. The van der Waals surface area contributed by atoms with E-state index in [9.17, 15) is 4.79 Å². The van der Waals surface area contributed by atoms with Crippen LogP contribution in [0.2, 0.25) is 0 Å². The predicted molar refractivity (Wildman–Crippen MR) is 65.3 cm³/mol. The first-order valence-corrected chi connectivity index (χ1v) is 6.46. The minimum absolute atomic E-state index is 0.0125. The van der Waals surface area contributed by atoms with Crippen molar-refractivity contribution in [1.82, 2.24) is 5.32 Å². The molecular formula is C13H25NO2. The van der Waals surface area contributed by atoms with Gasteiger partial charge in [0.05, 0.1) is 13.5 Å². The maximum absolute atomic E-state index is 11.5. The van der Waals surface area contributed by atoms with Crippen LogP contribution < -0.4 is 5.32 Å². The van der Waals surface area contributed by atoms with Gasteiger partial charge in [-0.1, -0.05) is 26.7 Å². The normalized spacial score (nSPS) is 30.1. The minimum atomic E-state index is -0.0858. The van der Waals surface area contributed by atoms with Gasteiger partial charge in [0, 0.05) is 5.54 Å². The van der Waals surface area contributed by atoms with Crippen LogP contribution in [0.25, 0.3) is 0 Å². The van der Waals surface area contributed by atoms with E-state index in [1.165, 1.54) is 26.4 Å². The van der Waals surface area contributed by atoms with Crippen LogP contribution in [0.4, 0.5) is 0 Å². The molecule has 3 heteroatoms. The summed E-state index contributed by atoms with van der Waals surface area (Å²) in [6, 6.07) is 0. The van der Waals surface area contributed by atoms with Gasteiger partial charge in [0.25, 0.3) is 0 Å². The zero-order valence-electron chi connectivity index (χ0n) is 10.8. The molecule has 1 saturated carbocycles. The molecule has 3 nitrogen and oxygen atoms in total. The molecule has 0 saturated heterocycles. The summed E-state index contributed by atoms with van der Waals surface area (Å²) in [4.78, 5) is 11.5. The maximum atomic E-state index is 11.5. The fourth-order valence-electron chi connectivity index (χ4n) is 2.71. The fourth-order valence-corrected chi connectivity index (χ4v) is 2.71. The first kappa shape index (κ1) is 13.5. The van der Waals surface area contributed by atoms with Gasteiger partial charge >= 0.3 is 5.97 Å². The smallest absolute Gasteiger partial charge is 0.307 e. The van der Waals surface area contributed by atoms with Gasteiger partial charge in [0.15, 0.2) is 0 Å². The van der Waals surface area contributed by atoms with Gasteiger partial charge in [-0.3, -0.25) is 4.79 Å². The summed E-state index contributed by atoms with van der Waals surface area (Å²) < 4.78 is 4.83. The Bertz CT molecular complexity index is 230. The van der Waals surface area contributed by atoms with Crippen LogP contribution in [0.5, 0.6) is 0 Å². The highest BCUT2D eigenvalue weighted by molar-refractivity contribution is 5.70. The molecule has 0 aromatic carbocycles. The van der Waals surface area contributed by atoms with Crippen molar-refractivity contribution in [2.24, 2.45) is 5.92 Å². The maximum Gasteiger partial charge on any atom is 0.307 e. The highest BCUT2D eigenvalue weighted by atomic mass is 16.5. The van der Waals surface area contributed by atoms with Crippen LogP contribution >= 0.6 is 0 Å². The number of methoxy groups -OCH3 is 1. The second kappa shape index (κ2) is 6.24. The number of nitrogens with one attached hydrogen (secondary N) is 1. The molecule has 0 bridgehead atoms. The topological polar surface area (TPSA) is 38.3 Å². The van der Waals surface area contributed by atoms with E-state index in [2.05, 4.69) is 19.2 Å². The summed E-state index contributed by atoms with van der Waals surface area (Å²) in [6.07, 6.45) is 6.45. The SMILES string of the molecule is CCCNC1(CC(=O)OC)CCCCC1C. The Labute approximate surface area is 98.9 Å². The Hall–Kier alpha value is -0.570. The van der Waals surface area contributed by atoms with Crippen molar-refractivity contribution in [3.05, 3.63) is 0 Å². The second-order valence-electron chi connectivity index (χ2n) is 4.98. The molecule has 0 aromatic heterocycles. The van der Waals surface area contributed by atoms with E-state index in [0.29, 0.717) is 12.3 Å². The van der Waals surface area contributed by atoms with E-state index in [1.54, 1.807) is 0 Å². The number of hydrogen-bond acceptors (Lipinski definition) is 3. The van der Waals surface area contributed by atoms with Gasteiger partial charge in [-0.15, -0.1) is 0 Å². The average molecular weight is 227 g/mol. The summed E-state index contributed by atoms with van der Waals surface area (Å²) in [7, 11) is 1.48. The largest absolute Gasteiger partial charge is 0.469 e. The number of ether oxygens (including phenoxy) is 1. The van der Waals surface area contributed by atoms with Crippen molar-refractivity contribution in [1.29, 1.82) is 0 Å². The fraction of sp³-hybridized carbons (Fsp3) is 0.923. The van der Waals surface area contributed by atoms with E-state index in [-0.39, 0.29) is 11.5 Å². The van der Waals surface area contributed by atoms with Crippen LogP contribution in [0.3, 0.4) is 0 Å². The van der Waals surface area contributed by atoms with Gasteiger partial charge in [0.2, 0.25) is 0 Å². The monoisotopic (exact) mass is 227 g/mol. The Kier molecular flexibility index (Phi) is 5.26. The summed E-state index contributed by atoms with van der Waals surface area (Å²) in [6.45, 7) is 5.40. The number of carbonyl (C=O) groups is 1. The molecule has 2 unspecified atom stereocenters. The van der Waals surface area contributed by atoms with E-state index in [4.69, 9.17) is 4.74 Å². The molecule has 0 spiro atoms. The van der Waals surface area contributed by atoms with Crippen molar-refractivity contribution in [3.8, 4) is 0 Å². The average Bonchev–Trinajstić information content (AvgIpc) is 2.30. The van der Waals surface area contributed by atoms with Crippen molar-refractivity contribution in [3.63, 3.8) is 0 Å². The van der Waals surface area contributed by atoms with Gasteiger partial charge in [0.1, 0.15) is 0 Å². The quantitative estimate of drug-likeness (QED) is 0.733. The van der Waals surface area contributed by atoms with E-state index in [0.717, 1.165) is 19.4 Å². The third kappa shape index (κ3) is 3.21. The zero-order valence-corrected chi connectivity index (χ0v) is 10.8. The van der Waals surface area contributed by atoms with Crippen molar-refractivity contribution >= 4 is 5.97 Å². The molecule has 94 valence electrons. The Morgan fingerprint density at radius 2 is 2.25 bits per heavy atom.